The molecule has 2 N–H and O–H groups in total. The number of nitrogens with zero attached hydrogens (tertiary/aromatic N) is 1. The van der Waals surface area contributed by atoms with E-state index in [1.165, 1.54) is 0 Å². The van der Waals surface area contributed by atoms with Crippen molar-refractivity contribution in [3.63, 3.8) is 0 Å². The van der Waals surface area contributed by atoms with E-state index in [-0.39, 0.29) is 0 Å². The Morgan fingerprint density at radius 1 is 1.80 bits per heavy atom. The number of aromatic nitrogens is 1. The Labute approximate surface area is 58.9 Å². The molecule has 4 heteroatoms. The van der Waals surface area contributed by atoms with Crippen molar-refractivity contribution in [3.8, 4) is 0 Å². The van der Waals surface area contributed by atoms with Gasteiger partial charge in [-0.15, -0.1) is 0 Å². The fourth-order valence-corrected chi connectivity index (χ4v) is 0.662. The van der Waals surface area contributed by atoms with E-state index < -0.39 is 0 Å². The first-order valence-electron chi connectivity index (χ1n) is 3.00. The molecule has 1 rings (SSSR count). The zero-order chi connectivity index (χ0) is 7.40. The number of hydrogen-bond acceptors (Lipinski definition) is 4. The lowest BCUT2D eigenvalue weighted by atomic mass is 10.4. The molecule has 0 aliphatic rings. The van der Waals surface area contributed by atoms with Gasteiger partial charge in [-0.25, -0.2) is 0 Å². The van der Waals surface area contributed by atoms with Gasteiger partial charge in [-0.1, -0.05) is 5.16 Å². The summed E-state index contributed by atoms with van der Waals surface area (Å²) in [4.78, 5) is 0. The predicted octanol–water partition coefficient (Wildman–Crippen LogP) is 0.280. The van der Waals surface area contributed by atoms with Gasteiger partial charge in [0.15, 0.2) is 5.76 Å². The van der Waals surface area contributed by atoms with Crippen molar-refractivity contribution in [1.82, 2.24) is 5.16 Å². The quantitative estimate of drug-likeness (QED) is 0.658. The molecule has 56 valence electrons. The van der Waals surface area contributed by atoms with Crippen LogP contribution in [0.2, 0.25) is 0 Å². The van der Waals surface area contributed by atoms with Crippen LogP contribution in [-0.4, -0.2) is 12.3 Å². The van der Waals surface area contributed by atoms with Gasteiger partial charge in [0, 0.05) is 19.7 Å². The van der Waals surface area contributed by atoms with Crippen LogP contribution in [0.25, 0.3) is 0 Å². The van der Waals surface area contributed by atoms with Crippen molar-refractivity contribution in [2.45, 2.75) is 13.2 Å². The van der Waals surface area contributed by atoms with Crippen LogP contribution in [0.3, 0.4) is 0 Å². The highest BCUT2D eigenvalue weighted by molar-refractivity contribution is 5.03. The minimum atomic E-state index is 0.410. The standard InChI is InChI=1S/C6H10N2O2/c1-9-4-6-2-5(3-7)8-10-6/h2H,3-4,7H2,1H3. The van der Waals surface area contributed by atoms with Gasteiger partial charge in [0.2, 0.25) is 0 Å². The molecule has 1 heterocycles. The lowest BCUT2D eigenvalue weighted by Gasteiger charge is -1.87. The van der Waals surface area contributed by atoms with E-state index in [9.17, 15) is 0 Å². The molecule has 0 atom stereocenters. The van der Waals surface area contributed by atoms with Crippen LogP contribution in [-0.2, 0) is 17.9 Å². The number of ether oxygens (including phenoxy) is 1. The molecule has 0 aromatic carbocycles. The second-order valence-corrected chi connectivity index (χ2v) is 1.92. The molecular weight excluding hydrogens is 132 g/mol. The fraction of sp³-hybridized carbons (Fsp3) is 0.500. The Bertz CT molecular complexity index is 197. The maximum atomic E-state index is 5.30. The predicted molar refractivity (Wildman–Crippen MR) is 35.1 cm³/mol. The SMILES string of the molecule is COCc1cc(CN)no1. The number of rotatable bonds is 3. The first kappa shape index (κ1) is 7.24. The highest BCUT2D eigenvalue weighted by Gasteiger charge is 1.99. The highest BCUT2D eigenvalue weighted by Crippen LogP contribution is 2.02. The molecule has 0 saturated heterocycles. The van der Waals surface area contributed by atoms with Gasteiger partial charge in [0.1, 0.15) is 6.61 Å². The lowest BCUT2D eigenvalue weighted by Crippen LogP contribution is -1.95. The molecule has 0 aliphatic heterocycles. The molecule has 0 spiro atoms. The molecule has 0 fully saturated rings. The zero-order valence-corrected chi connectivity index (χ0v) is 5.83. The van der Waals surface area contributed by atoms with Gasteiger partial charge in [0.05, 0.1) is 5.69 Å². The second kappa shape index (κ2) is 3.34. The van der Waals surface area contributed by atoms with Crippen LogP contribution in [0.5, 0.6) is 0 Å². The van der Waals surface area contributed by atoms with Crippen LogP contribution in [0.15, 0.2) is 10.6 Å². The van der Waals surface area contributed by atoms with Crippen LogP contribution in [0, 0.1) is 0 Å². The van der Waals surface area contributed by atoms with Gasteiger partial charge >= 0.3 is 0 Å². The number of nitrogens with two attached hydrogens (primary N) is 1. The summed E-state index contributed by atoms with van der Waals surface area (Å²) in [6, 6.07) is 1.78. The topological polar surface area (TPSA) is 61.3 Å². The van der Waals surface area contributed by atoms with Gasteiger partial charge in [-0.05, 0) is 0 Å². The Kier molecular flexibility index (Phi) is 2.42. The highest BCUT2D eigenvalue weighted by atomic mass is 16.5. The van der Waals surface area contributed by atoms with E-state index in [0.29, 0.717) is 18.9 Å². The summed E-state index contributed by atoms with van der Waals surface area (Å²) in [6.07, 6.45) is 0. The summed E-state index contributed by atoms with van der Waals surface area (Å²) in [5, 5.41) is 3.67. The molecule has 1 aromatic rings. The van der Waals surface area contributed by atoms with Crippen LogP contribution >= 0.6 is 0 Å². The first-order valence-corrected chi connectivity index (χ1v) is 3.00. The Hall–Kier alpha value is -0.870. The lowest BCUT2D eigenvalue weighted by molar-refractivity contribution is 0.156. The van der Waals surface area contributed by atoms with Crippen molar-refractivity contribution in [2.24, 2.45) is 5.73 Å². The molecule has 4 nitrogen and oxygen atoms in total. The third-order valence-corrected chi connectivity index (χ3v) is 1.10. The van der Waals surface area contributed by atoms with Crippen LogP contribution in [0.1, 0.15) is 11.5 Å². The van der Waals surface area contributed by atoms with E-state index in [1.54, 1.807) is 13.2 Å². The largest absolute Gasteiger partial charge is 0.377 e. The van der Waals surface area contributed by atoms with Crippen LogP contribution in [0.4, 0.5) is 0 Å². The van der Waals surface area contributed by atoms with E-state index in [2.05, 4.69) is 5.16 Å². The summed E-state index contributed by atoms with van der Waals surface area (Å²) in [5.74, 6) is 0.711. The van der Waals surface area contributed by atoms with Crippen molar-refractivity contribution in [2.75, 3.05) is 7.11 Å². The monoisotopic (exact) mass is 142 g/mol. The van der Waals surface area contributed by atoms with Crippen molar-refractivity contribution in [3.05, 3.63) is 17.5 Å². The molecule has 0 radical (unpaired) electrons. The summed E-state index contributed by atoms with van der Waals surface area (Å²) < 4.78 is 9.65. The van der Waals surface area contributed by atoms with Gasteiger partial charge in [0.25, 0.3) is 0 Å². The summed E-state index contributed by atoms with van der Waals surface area (Å²) in [7, 11) is 1.60. The van der Waals surface area contributed by atoms with Gasteiger partial charge < -0.3 is 15.0 Å². The van der Waals surface area contributed by atoms with Gasteiger partial charge in [-0.2, -0.15) is 0 Å². The van der Waals surface area contributed by atoms with E-state index in [1.807, 2.05) is 0 Å². The molecule has 10 heavy (non-hydrogen) atoms. The maximum Gasteiger partial charge on any atom is 0.162 e. The van der Waals surface area contributed by atoms with Crippen molar-refractivity contribution >= 4 is 0 Å². The molecule has 1 aromatic heterocycles. The molecular formula is C6H10N2O2. The smallest absolute Gasteiger partial charge is 0.162 e. The second-order valence-electron chi connectivity index (χ2n) is 1.92. The number of hydrogen-bond donors (Lipinski definition) is 1. The third-order valence-electron chi connectivity index (χ3n) is 1.10. The van der Waals surface area contributed by atoms with Crippen molar-refractivity contribution in [1.29, 1.82) is 0 Å². The van der Waals surface area contributed by atoms with E-state index in [0.717, 1.165) is 5.69 Å². The summed E-state index contributed by atoms with van der Waals surface area (Å²) >= 11 is 0. The van der Waals surface area contributed by atoms with E-state index in [4.69, 9.17) is 15.0 Å². The number of methoxy groups -OCH3 is 1. The summed E-state index contributed by atoms with van der Waals surface area (Å²) in [6.45, 7) is 0.861. The normalized spacial score (nSPS) is 10.2. The third kappa shape index (κ3) is 1.55. The van der Waals surface area contributed by atoms with Crippen LogP contribution < -0.4 is 5.73 Å². The average molecular weight is 142 g/mol. The molecule has 0 amide bonds. The van der Waals surface area contributed by atoms with Gasteiger partial charge in [-0.3, -0.25) is 0 Å². The molecule has 0 unspecified atom stereocenters. The minimum Gasteiger partial charge on any atom is -0.377 e. The first-order chi connectivity index (χ1) is 4.86. The fourth-order valence-electron chi connectivity index (χ4n) is 0.662. The Balaban J connectivity index is 2.59. The molecule has 0 aliphatic carbocycles. The zero-order valence-electron chi connectivity index (χ0n) is 5.83. The average Bonchev–Trinajstić information content (AvgIpc) is 2.37. The van der Waals surface area contributed by atoms with E-state index >= 15 is 0 Å². The molecule has 0 bridgehead atoms. The Morgan fingerprint density at radius 2 is 2.60 bits per heavy atom. The molecule has 0 saturated carbocycles. The van der Waals surface area contributed by atoms with Crippen molar-refractivity contribution < 1.29 is 9.26 Å². The maximum absolute atomic E-state index is 5.30. The summed E-state index contributed by atoms with van der Waals surface area (Å²) in [5.41, 5.74) is 6.05. The minimum absolute atomic E-state index is 0.410. The Morgan fingerprint density at radius 3 is 3.10 bits per heavy atom.